The highest BCUT2D eigenvalue weighted by Crippen LogP contribution is 2.15. The van der Waals surface area contributed by atoms with Gasteiger partial charge in [0.05, 0.1) is 19.9 Å². The third-order valence-electron chi connectivity index (χ3n) is 4.84. The van der Waals surface area contributed by atoms with Crippen LogP contribution in [0.15, 0.2) is 30.5 Å². The summed E-state index contributed by atoms with van der Waals surface area (Å²) in [4.78, 5) is 16.8. The summed E-state index contributed by atoms with van der Waals surface area (Å²) in [6.45, 7) is 10.6. The fraction of sp³-hybridized carbons (Fsp3) is 0.550. The first-order valence-corrected chi connectivity index (χ1v) is 9.82. The molecule has 1 aromatic heterocycles. The van der Waals surface area contributed by atoms with Crippen LogP contribution in [0.3, 0.4) is 0 Å². The number of amides is 1. The van der Waals surface area contributed by atoms with Gasteiger partial charge in [0, 0.05) is 45.3 Å². The molecule has 1 amide bonds. The molecule has 2 heterocycles. The van der Waals surface area contributed by atoms with E-state index >= 15 is 0 Å². The number of methoxy groups -OCH3 is 1. The summed E-state index contributed by atoms with van der Waals surface area (Å²) in [5.74, 6) is 0.734. The van der Waals surface area contributed by atoms with Crippen molar-refractivity contribution in [3.05, 3.63) is 41.7 Å². The van der Waals surface area contributed by atoms with Crippen molar-refractivity contribution >= 4 is 5.91 Å². The Morgan fingerprint density at radius 1 is 1.18 bits per heavy atom. The highest BCUT2D eigenvalue weighted by atomic mass is 16.5. The predicted octanol–water partition coefficient (Wildman–Crippen LogP) is 1.24. The van der Waals surface area contributed by atoms with Crippen LogP contribution in [0.2, 0.25) is 0 Å². The van der Waals surface area contributed by atoms with Gasteiger partial charge in [-0.15, -0.1) is 5.10 Å². The molecule has 1 aromatic carbocycles. The van der Waals surface area contributed by atoms with Gasteiger partial charge in [0.25, 0.3) is 5.91 Å². The fourth-order valence-corrected chi connectivity index (χ4v) is 3.29. The molecule has 0 spiro atoms. The molecule has 1 fully saturated rings. The normalized spacial score (nSPS) is 15.7. The van der Waals surface area contributed by atoms with E-state index in [1.807, 2.05) is 26.0 Å². The number of nitrogens with one attached hydrogen (secondary N) is 1. The fourth-order valence-electron chi connectivity index (χ4n) is 3.29. The second kappa shape index (κ2) is 9.66. The van der Waals surface area contributed by atoms with Crippen LogP contribution < -0.4 is 10.1 Å². The van der Waals surface area contributed by atoms with E-state index < -0.39 is 0 Å². The number of carbonyl (C=O) groups excluding carboxylic acids is 1. The van der Waals surface area contributed by atoms with Crippen LogP contribution in [-0.4, -0.2) is 76.6 Å². The maximum atomic E-state index is 12.0. The molecule has 1 aliphatic rings. The number of benzene rings is 1. The van der Waals surface area contributed by atoms with E-state index in [1.165, 1.54) is 5.56 Å². The van der Waals surface area contributed by atoms with Crippen molar-refractivity contribution in [2.75, 3.05) is 39.8 Å². The average Bonchev–Trinajstić information content (AvgIpc) is 3.16. The van der Waals surface area contributed by atoms with Crippen LogP contribution in [0.4, 0.5) is 0 Å². The minimum Gasteiger partial charge on any atom is -0.497 e. The Kier molecular flexibility index (Phi) is 7.00. The molecule has 0 atom stereocenters. The Morgan fingerprint density at radius 3 is 2.64 bits per heavy atom. The first-order chi connectivity index (χ1) is 13.5. The van der Waals surface area contributed by atoms with E-state index in [4.69, 9.17) is 4.74 Å². The van der Waals surface area contributed by atoms with E-state index in [-0.39, 0.29) is 11.9 Å². The van der Waals surface area contributed by atoms with E-state index in [9.17, 15) is 4.79 Å². The van der Waals surface area contributed by atoms with Gasteiger partial charge in [-0.2, -0.15) is 0 Å². The van der Waals surface area contributed by atoms with Gasteiger partial charge in [0.15, 0.2) is 5.69 Å². The largest absolute Gasteiger partial charge is 0.497 e. The monoisotopic (exact) mass is 386 g/mol. The number of piperazine rings is 1. The van der Waals surface area contributed by atoms with Crippen molar-refractivity contribution in [1.29, 1.82) is 0 Å². The van der Waals surface area contributed by atoms with Crippen LogP contribution in [0.1, 0.15) is 29.9 Å². The molecule has 8 nitrogen and oxygen atoms in total. The van der Waals surface area contributed by atoms with Crippen LogP contribution in [0.5, 0.6) is 5.75 Å². The van der Waals surface area contributed by atoms with Gasteiger partial charge in [0.1, 0.15) is 5.75 Å². The predicted molar refractivity (Wildman–Crippen MR) is 107 cm³/mol. The van der Waals surface area contributed by atoms with E-state index in [1.54, 1.807) is 18.0 Å². The standard InChI is InChI=1S/C20H30N6O2/c1-16(2)21-20(27)19-15-26(23-22-19)12-11-24-7-9-25(10-8-24)14-17-5-4-6-18(13-17)28-3/h4-6,13,15-16H,7-12,14H2,1-3H3,(H,21,27). The minimum absolute atomic E-state index is 0.0888. The molecule has 1 saturated heterocycles. The molecule has 0 saturated carbocycles. The van der Waals surface area contributed by atoms with Crippen molar-refractivity contribution in [2.45, 2.75) is 33.0 Å². The zero-order valence-electron chi connectivity index (χ0n) is 17.0. The molecule has 2 aromatic rings. The zero-order chi connectivity index (χ0) is 19.9. The topological polar surface area (TPSA) is 75.5 Å². The molecule has 152 valence electrons. The maximum absolute atomic E-state index is 12.0. The van der Waals surface area contributed by atoms with Gasteiger partial charge in [-0.1, -0.05) is 17.3 Å². The van der Waals surface area contributed by atoms with Gasteiger partial charge in [0.2, 0.25) is 0 Å². The Morgan fingerprint density at radius 2 is 1.93 bits per heavy atom. The number of carbonyl (C=O) groups is 1. The summed E-state index contributed by atoms with van der Waals surface area (Å²) in [6, 6.07) is 8.35. The van der Waals surface area contributed by atoms with Crippen molar-refractivity contribution in [2.24, 2.45) is 0 Å². The second-order valence-electron chi connectivity index (χ2n) is 7.46. The van der Waals surface area contributed by atoms with E-state index in [0.29, 0.717) is 5.69 Å². The molecule has 0 radical (unpaired) electrons. The summed E-state index contributed by atoms with van der Waals surface area (Å²) in [5, 5.41) is 10.9. The lowest BCUT2D eigenvalue weighted by molar-refractivity contribution is 0.0938. The van der Waals surface area contributed by atoms with Gasteiger partial charge in [-0.25, -0.2) is 0 Å². The summed E-state index contributed by atoms with van der Waals surface area (Å²) in [6.07, 6.45) is 1.72. The summed E-state index contributed by atoms with van der Waals surface area (Å²) in [7, 11) is 1.70. The first kappa shape index (κ1) is 20.3. The lowest BCUT2D eigenvalue weighted by Crippen LogP contribution is -2.46. The summed E-state index contributed by atoms with van der Waals surface area (Å²) in [5.41, 5.74) is 1.65. The molecule has 3 rings (SSSR count). The van der Waals surface area contributed by atoms with Crippen molar-refractivity contribution in [3.8, 4) is 5.75 Å². The van der Waals surface area contributed by atoms with E-state index in [2.05, 4.69) is 37.6 Å². The smallest absolute Gasteiger partial charge is 0.273 e. The Balaban J connectivity index is 1.41. The number of hydrogen-bond donors (Lipinski definition) is 1. The van der Waals surface area contributed by atoms with E-state index in [0.717, 1.165) is 51.6 Å². The molecule has 0 aliphatic carbocycles. The summed E-state index contributed by atoms with van der Waals surface area (Å²) < 4.78 is 7.05. The van der Waals surface area contributed by atoms with Crippen molar-refractivity contribution < 1.29 is 9.53 Å². The lowest BCUT2D eigenvalue weighted by atomic mass is 10.2. The van der Waals surface area contributed by atoms with Gasteiger partial charge in [-0.3, -0.25) is 19.3 Å². The number of nitrogens with zero attached hydrogens (tertiary/aromatic N) is 5. The summed E-state index contributed by atoms with van der Waals surface area (Å²) >= 11 is 0. The molecule has 28 heavy (non-hydrogen) atoms. The molecule has 1 aliphatic heterocycles. The van der Waals surface area contributed by atoms with Gasteiger partial charge in [-0.05, 0) is 31.5 Å². The number of aromatic nitrogens is 3. The number of hydrogen-bond acceptors (Lipinski definition) is 6. The Hall–Kier alpha value is -2.45. The SMILES string of the molecule is COc1cccc(CN2CCN(CCn3cc(C(=O)NC(C)C)nn3)CC2)c1. The van der Waals surface area contributed by atoms with Crippen LogP contribution in [-0.2, 0) is 13.1 Å². The second-order valence-corrected chi connectivity index (χ2v) is 7.46. The van der Waals surface area contributed by atoms with Gasteiger partial charge < -0.3 is 10.1 Å². The zero-order valence-corrected chi connectivity index (χ0v) is 17.0. The maximum Gasteiger partial charge on any atom is 0.273 e. The molecule has 8 heteroatoms. The third kappa shape index (κ3) is 5.77. The van der Waals surface area contributed by atoms with Crippen molar-refractivity contribution in [1.82, 2.24) is 30.1 Å². The minimum atomic E-state index is -0.174. The lowest BCUT2D eigenvalue weighted by Gasteiger charge is -2.34. The number of rotatable bonds is 8. The Bertz CT molecular complexity index is 768. The van der Waals surface area contributed by atoms with Crippen molar-refractivity contribution in [3.63, 3.8) is 0 Å². The quantitative estimate of drug-likeness (QED) is 0.736. The van der Waals surface area contributed by atoms with Crippen LogP contribution in [0, 0.1) is 0 Å². The van der Waals surface area contributed by atoms with Crippen LogP contribution >= 0.6 is 0 Å². The molecule has 0 unspecified atom stereocenters. The number of ether oxygens (including phenoxy) is 1. The molecule has 1 N–H and O–H groups in total. The highest BCUT2D eigenvalue weighted by molar-refractivity contribution is 5.91. The first-order valence-electron chi connectivity index (χ1n) is 9.82. The molecular formula is C20H30N6O2. The third-order valence-corrected chi connectivity index (χ3v) is 4.84. The molecule has 0 bridgehead atoms. The van der Waals surface area contributed by atoms with Gasteiger partial charge >= 0.3 is 0 Å². The highest BCUT2D eigenvalue weighted by Gasteiger charge is 2.18. The Labute approximate surface area is 166 Å². The molecular weight excluding hydrogens is 356 g/mol. The average molecular weight is 387 g/mol. The van der Waals surface area contributed by atoms with Crippen LogP contribution in [0.25, 0.3) is 0 Å².